The van der Waals surface area contributed by atoms with E-state index < -0.39 is 35.5 Å². The minimum absolute atomic E-state index is 0.00181. The molecule has 1 heterocycles. The Hall–Kier alpha value is -3.68. The Balaban J connectivity index is 1.90. The number of phenols is 1. The van der Waals surface area contributed by atoms with Crippen LogP contribution in [0.25, 0.3) is 0 Å². The van der Waals surface area contributed by atoms with Crippen LogP contribution in [0.15, 0.2) is 42.5 Å². The first kappa shape index (κ1) is 20.1. The van der Waals surface area contributed by atoms with Crippen molar-refractivity contribution in [2.75, 3.05) is 5.32 Å². The standard InChI is InChI=1S/C21H20N2O6/c1-11(2)9-16(23-19(26)13-5-3-4-6-14(13)20(23)27)18(25)22-15-8-7-12(21(28)29)10-17(15)24/h3-8,10-11,16,24H,9H2,1-2H3,(H,22,25)(H,28,29). The van der Waals surface area contributed by atoms with Crippen LogP contribution in [0.2, 0.25) is 0 Å². The van der Waals surface area contributed by atoms with Gasteiger partial charge in [-0.05, 0) is 42.7 Å². The molecule has 0 spiro atoms. The first-order valence-corrected chi connectivity index (χ1v) is 9.04. The average molecular weight is 396 g/mol. The van der Waals surface area contributed by atoms with Crippen LogP contribution in [0.1, 0.15) is 51.3 Å². The van der Waals surface area contributed by atoms with Crippen LogP contribution >= 0.6 is 0 Å². The molecule has 29 heavy (non-hydrogen) atoms. The largest absolute Gasteiger partial charge is 0.506 e. The van der Waals surface area contributed by atoms with Gasteiger partial charge >= 0.3 is 5.97 Å². The lowest BCUT2D eigenvalue weighted by molar-refractivity contribution is -0.120. The van der Waals surface area contributed by atoms with E-state index in [0.717, 1.165) is 11.0 Å². The van der Waals surface area contributed by atoms with E-state index in [1.165, 1.54) is 24.3 Å². The summed E-state index contributed by atoms with van der Waals surface area (Å²) in [7, 11) is 0. The van der Waals surface area contributed by atoms with Crippen LogP contribution < -0.4 is 5.32 Å². The second-order valence-corrected chi connectivity index (χ2v) is 7.20. The number of carboxylic acid groups (broad SMARTS) is 1. The number of benzene rings is 2. The predicted octanol–water partition coefficient (Wildman–Crippen LogP) is 2.74. The number of aromatic carboxylic acids is 1. The van der Waals surface area contributed by atoms with E-state index in [0.29, 0.717) is 0 Å². The monoisotopic (exact) mass is 396 g/mol. The van der Waals surface area contributed by atoms with Crippen LogP contribution in [0.3, 0.4) is 0 Å². The number of anilines is 1. The van der Waals surface area contributed by atoms with Gasteiger partial charge in [-0.3, -0.25) is 19.3 Å². The lowest BCUT2D eigenvalue weighted by Gasteiger charge is -2.27. The van der Waals surface area contributed by atoms with Gasteiger partial charge in [-0.1, -0.05) is 26.0 Å². The normalized spacial score (nSPS) is 14.1. The van der Waals surface area contributed by atoms with Crippen LogP contribution in [0.5, 0.6) is 5.75 Å². The summed E-state index contributed by atoms with van der Waals surface area (Å²) >= 11 is 0. The molecule has 0 fully saturated rings. The third-order valence-electron chi connectivity index (χ3n) is 4.64. The summed E-state index contributed by atoms with van der Waals surface area (Å²) in [5.41, 5.74) is 0.338. The molecule has 0 aliphatic carbocycles. The molecule has 0 saturated carbocycles. The molecule has 1 atom stereocenters. The highest BCUT2D eigenvalue weighted by Gasteiger charge is 2.42. The summed E-state index contributed by atoms with van der Waals surface area (Å²) in [5.74, 6) is -3.39. The average Bonchev–Trinajstić information content (AvgIpc) is 2.92. The highest BCUT2D eigenvalue weighted by Crippen LogP contribution is 2.29. The van der Waals surface area contributed by atoms with Gasteiger partial charge in [-0.25, -0.2) is 4.79 Å². The Morgan fingerprint density at radius 2 is 1.62 bits per heavy atom. The number of hydrogen-bond donors (Lipinski definition) is 3. The van der Waals surface area contributed by atoms with E-state index in [1.807, 2.05) is 13.8 Å². The van der Waals surface area contributed by atoms with Crippen LogP contribution in [0, 0.1) is 5.92 Å². The highest BCUT2D eigenvalue weighted by atomic mass is 16.4. The molecule has 3 N–H and O–H groups in total. The van der Waals surface area contributed by atoms with Crippen molar-refractivity contribution >= 4 is 29.4 Å². The van der Waals surface area contributed by atoms with Gasteiger partial charge in [0, 0.05) is 0 Å². The number of hydrogen-bond acceptors (Lipinski definition) is 5. The molecule has 1 aliphatic heterocycles. The zero-order chi connectivity index (χ0) is 21.3. The van der Waals surface area contributed by atoms with Gasteiger partial charge in [0.2, 0.25) is 5.91 Å². The Morgan fingerprint density at radius 3 is 2.10 bits per heavy atom. The quantitative estimate of drug-likeness (QED) is 0.509. The molecular formula is C21H20N2O6. The Bertz CT molecular complexity index is 979. The molecule has 1 unspecified atom stereocenters. The van der Waals surface area contributed by atoms with Gasteiger partial charge in [-0.15, -0.1) is 0 Å². The molecule has 8 nitrogen and oxygen atoms in total. The minimum atomic E-state index is -1.22. The maximum Gasteiger partial charge on any atom is 0.335 e. The molecule has 0 aromatic heterocycles. The smallest absolute Gasteiger partial charge is 0.335 e. The maximum absolute atomic E-state index is 13.0. The summed E-state index contributed by atoms with van der Waals surface area (Å²) < 4.78 is 0. The number of carboxylic acids is 1. The van der Waals surface area contributed by atoms with Crippen LogP contribution in [0.4, 0.5) is 5.69 Å². The second-order valence-electron chi connectivity index (χ2n) is 7.20. The number of aromatic hydroxyl groups is 1. The molecule has 2 aromatic carbocycles. The molecule has 1 aliphatic rings. The summed E-state index contributed by atoms with van der Waals surface area (Å²) in [6.45, 7) is 3.72. The third-order valence-corrected chi connectivity index (χ3v) is 4.64. The predicted molar refractivity (Wildman–Crippen MR) is 104 cm³/mol. The minimum Gasteiger partial charge on any atom is -0.506 e. The molecule has 0 saturated heterocycles. The molecule has 8 heteroatoms. The van der Waals surface area contributed by atoms with Crippen molar-refractivity contribution in [2.24, 2.45) is 5.92 Å². The van der Waals surface area contributed by atoms with E-state index in [9.17, 15) is 24.3 Å². The fourth-order valence-corrected chi connectivity index (χ4v) is 3.25. The van der Waals surface area contributed by atoms with Gasteiger partial charge in [0.05, 0.1) is 22.4 Å². The summed E-state index contributed by atoms with van der Waals surface area (Å²) in [6, 6.07) is 8.79. The first-order valence-electron chi connectivity index (χ1n) is 9.04. The number of imide groups is 1. The lowest BCUT2D eigenvalue weighted by atomic mass is 10.0. The number of carbonyl (C=O) groups is 4. The topological polar surface area (TPSA) is 124 Å². The molecule has 0 radical (unpaired) electrons. The molecule has 0 bridgehead atoms. The van der Waals surface area contributed by atoms with Gasteiger partial charge in [0.1, 0.15) is 11.8 Å². The van der Waals surface area contributed by atoms with Crippen molar-refractivity contribution in [3.63, 3.8) is 0 Å². The Kier molecular flexibility index (Phi) is 5.36. The van der Waals surface area contributed by atoms with E-state index in [1.54, 1.807) is 12.1 Å². The van der Waals surface area contributed by atoms with Crippen molar-refractivity contribution in [1.29, 1.82) is 0 Å². The zero-order valence-electron chi connectivity index (χ0n) is 15.9. The number of phenolic OH excluding ortho intramolecular Hbond substituents is 1. The first-order chi connectivity index (χ1) is 13.7. The number of nitrogens with zero attached hydrogens (tertiary/aromatic N) is 1. The van der Waals surface area contributed by atoms with Crippen molar-refractivity contribution < 1.29 is 29.4 Å². The summed E-state index contributed by atoms with van der Waals surface area (Å²) in [4.78, 5) is 50.5. The van der Waals surface area contributed by atoms with Crippen molar-refractivity contribution in [1.82, 2.24) is 4.90 Å². The van der Waals surface area contributed by atoms with E-state index in [-0.39, 0.29) is 34.7 Å². The third kappa shape index (κ3) is 3.82. The number of fused-ring (bicyclic) bond motifs is 1. The Morgan fingerprint density at radius 1 is 1.03 bits per heavy atom. The lowest BCUT2D eigenvalue weighted by Crippen LogP contribution is -2.47. The molecule has 3 rings (SSSR count). The summed E-state index contributed by atoms with van der Waals surface area (Å²) in [6.07, 6.45) is 0.227. The highest BCUT2D eigenvalue weighted by molar-refractivity contribution is 6.23. The van der Waals surface area contributed by atoms with E-state index in [2.05, 4.69) is 5.32 Å². The van der Waals surface area contributed by atoms with Gasteiger partial charge < -0.3 is 15.5 Å². The van der Waals surface area contributed by atoms with Crippen molar-refractivity contribution in [2.45, 2.75) is 26.3 Å². The van der Waals surface area contributed by atoms with Crippen LogP contribution in [-0.2, 0) is 4.79 Å². The SMILES string of the molecule is CC(C)CC(C(=O)Nc1ccc(C(=O)O)cc1O)N1C(=O)c2ccccc2C1=O. The summed E-state index contributed by atoms with van der Waals surface area (Å²) in [5, 5.41) is 21.5. The van der Waals surface area contributed by atoms with E-state index in [4.69, 9.17) is 5.11 Å². The molecule has 3 amide bonds. The van der Waals surface area contributed by atoms with Gasteiger partial charge in [0.25, 0.3) is 11.8 Å². The molecular weight excluding hydrogens is 376 g/mol. The number of carbonyl (C=O) groups excluding carboxylic acids is 3. The van der Waals surface area contributed by atoms with Crippen molar-refractivity contribution in [3.8, 4) is 5.75 Å². The maximum atomic E-state index is 13.0. The number of nitrogens with one attached hydrogen (secondary N) is 1. The zero-order valence-corrected chi connectivity index (χ0v) is 15.9. The van der Waals surface area contributed by atoms with Gasteiger partial charge in [-0.2, -0.15) is 0 Å². The molecule has 2 aromatic rings. The second kappa shape index (κ2) is 7.75. The number of rotatable bonds is 6. The number of amides is 3. The fourth-order valence-electron chi connectivity index (χ4n) is 3.25. The fraction of sp³-hybridized carbons (Fsp3) is 0.238. The van der Waals surface area contributed by atoms with Crippen LogP contribution in [-0.4, -0.2) is 44.8 Å². The van der Waals surface area contributed by atoms with Crippen molar-refractivity contribution in [3.05, 3.63) is 59.2 Å². The molecule has 150 valence electrons. The van der Waals surface area contributed by atoms with E-state index >= 15 is 0 Å². The Labute approximate surface area is 166 Å². The van der Waals surface area contributed by atoms with Gasteiger partial charge in [0.15, 0.2) is 0 Å².